The van der Waals surface area contributed by atoms with E-state index in [-0.39, 0.29) is 17.9 Å². The van der Waals surface area contributed by atoms with Crippen molar-refractivity contribution >= 4 is 27.0 Å². The molecule has 5 aromatic carbocycles. The lowest BCUT2D eigenvalue weighted by atomic mass is 9.96. The first-order valence-electron chi connectivity index (χ1n) is 15.0. The first-order chi connectivity index (χ1) is 22.2. The quantitative estimate of drug-likeness (QED) is 0.155. The Hall–Kier alpha value is -5.05. The van der Waals surface area contributed by atoms with Crippen LogP contribution < -0.4 is 0 Å². The first kappa shape index (κ1) is 31.0. The predicted octanol–water partition coefficient (Wildman–Crippen LogP) is 8.20. The van der Waals surface area contributed by atoms with Gasteiger partial charge in [-0.15, -0.1) is 0 Å². The predicted molar refractivity (Wildman–Crippen MR) is 177 cm³/mol. The van der Waals surface area contributed by atoms with Crippen molar-refractivity contribution in [2.24, 2.45) is 0 Å². The number of carboxylic acid groups (broad SMARTS) is 1. The van der Waals surface area contributed by atoms with E-state index < -0.39 is 27.9 Å². The van der Waals surface area contributed by atoms with E-state index in [4.69, 9.17) is 4.42 Å². The molecule has 6 aromatic rings. The average Bonchev–Trinajstić information content (AvgIpc) is 3.43. The molecule has 1 unspecified atom stereocenters. The van der Waals surface area contributed by atoms with Crippen molar-refractivity contribution in [1.82, 2.24) is 4.31 Å². The van der Waals surface area contributed by atoms with Gasteiger partial charge in [0, 0.05) is 23.9 Å². The first-order valence-corrected chi connectivity index (χ1v) is 16.4. The Balaban J connectivity index is 1.26. The molecule has 1 aromatic heterocycles. The zero-order valence-corrected chi connectivity index (χ0v) is 26.0. The van der Waals surface area contributed by atoms with E-state index in [9.17, 15) is 22.7 Å². The fourth-order valence-electron chi connectivity index (χ4n) is 5.86. The Morgan fingerprint density at radius 2 is 1.39 bits per heavy atom. The van der Waals surface area contributed by atoms with Crippen LogP contribution in [0.1, 0.15) is 23.8 Å². The van der Waals surface area contributed by atoms with Crippen molar-refractivity contribution < 1.29 is 27.1 Å². The highest BCUT2D eigenvalue weighted by Crippen LogP contribution is 2.37. The summed E-state index contributed by atoms with van der Waals surface area (Å²) in [7, 11) is -4.16. The number of benzene rings is 5. The minimum absolute atomic E-state index is 0.0179. The van der Waals surface area contributed by atoms with Gasteiger partial charge in [-0.1, -0.05) is 104 Å². The lowest BCUT2D eigenvalue weighted by Gasteiger charge is -2.27. The van der Waals surface area contributed by atoms with Crippen LogP contribution in [0.4, 0.5) is 4.39 Å². The van der Waals surface area contributed by atoms with Crippen LogP contribution in [0.15, 0.2) is 137 Å². The monoisotopic (exact) mass is 633 g/mol. The topological polar surface area (TPSA) is 87.8 Å². The maximum absolute atomic E-state index is 13.7. The minimum atomic E-state index is -4.16. The standard InChI is InChI=1S/C38H32FNO5S/c1-2-40(34(38(41)42)24-27-11-8-12-31(39)23-27)46(43,44)32-21-19-29(20-22-32)28-15-17-30(18-16-28)37-33-13-6-7-14-35(33)45-36(37)25-26-9-4-3-5-10-26/h3-23,34H,2,24-25H2,1H3,(H,41,42). The molecule has 8 heteroatoms. The fraction of sp³-hybridized carbons (Fsp3) is 0.132. The molecule has 232 valence electrons. The number of rotatable bonds is 11. The molecule has 46 heavy (non-hydrogen) atoms. The van der Waals surface area contributed by atoms with Crippen LogP contribution in [0.5, 0.6) is 0 Å². The molecule has 0 fully saturated rings. The number of aliphatic carboxylic acids is 1. The minimum Gasteiger partial charge on any atom is -0.480 e. The second kappa shape index (κ2) is 13.1. The highest BCUT2D eigenvalue weighted by Gasteiger charge is 2.35. The smallest absolute Gasteiger partial charge is 0.322 e. The number of hydrogen-bond donors (Lipinski definition) is 1. The van der Waals surface area contributed by atoms with Gasteiger partial charge in [-0.2, -0.15) is 4.31 Å². The van der Waals surface area contributed by atoms with Gasteiger partial charge in [-0.05, 0) is 64.6 Å². The molecule has 0 amide bonds. The van der Waals surface area contributed by atoms with Crippen LogP contribution >= 0.6 is 0 Å². The Labute approximate surface area is 267 Å². The molecule has 0 aliphatic heterocycles. The van der Waals surface area contributed by atoms with Gasteiger partial charge in [0.15, 0.2) is 0 Å². The van der Waals surface area contributed by atoms with E-state index in [0.29, 0.717) is 12.0 Å². The van der Waals surface area contributed by atoms with Gasteiger partial charge in [0.25, 0.3) is 0 Å². The third-order valence-electron chi connectivity index (χ3n) is 8.11. The van der Waals surface area contributed by atoms with Crippen molar-refractivity contribution in [1.29, 1.82) is 0 Å². The van der Waals surface area contributed by atoms with E-state index >= 15 is 0 Å². The number of carboxylic acids is 1. The maximum atomic E-state index is 13.7. The highest BCUT2D eigenvalue weighted by atomic mass is 32.2. The summed E-state index contributed by atoms with van der Waals surface area (Å²) in [6, 6.07) is 36.8. The van der Waals surface area contributed by atoms with Gasteiger partial charge in [-0.25, -0.2) is 12.8 Å². The van der Waals surface area contributed by atoms with E-state index in [2.05, 4.69) is 18.2 Å². The van der Waals surface area contributed by atoms with E-state index in [1.165, 1.54) is 30.3 Å². The number of sulfonamides is 1. The van der Waals surface area contributed by atoms with Crippen molar-refractivity contribution in [2.45, 2.75) is 30.7 Å². The van der Waals surface area contributed by atoms with Crippen LogP contribution in [0, 0.1) is 5.82 Å². The van der Waals surface area contributed by atoms with Crippen LogP contribution in [-0.2, 0) is 27.7 Å². The summed E-state index contributed by atoms with van der Waals surface area (Å²) < 4.78 is 48.3. The largest absolute Gasteiger partial charge is 0.480 e. The van der Waals surface area contributed by atoms with Gasteiger partial charge in [0.2, 0.25) is 10.0 Å². The molecule has 0 spiro atoms. The molecule has 1 heterocycles. The summed E-state index contributed by atoms with van der Waals surface area (Å²) in [6.45, 7) is 1.52. The van der Waals surface area contributed by atoms with Crippen LogP contribution in [0.3, 0.4) is 0 Å². The van der Waals surface area contributed by atoms with Gasteiger partial charge >= 0.3 is 5.97 Å². The zero-order valence-electron chi connectivity index (χ0n) is 25.1. The Kier molecular flexibility index (Phi) is 8.83. The Bertz CT molecular complexity index is 2090. The molecule has 0 saturated heterocycles. The third-order valence-corrected chi connectivity index (χ3v) is 10.1. The number of para-hydroxylation sites is 1. The third kappa shape index (κ3) is 6.36. The number of furan rings is 1. The fourth-order valence-corrected chi connectivity index (χ4v) is 7.45. The molecule has 0 aliphatic carbocycles. The molecule has 6 nitrogen and oxygen atoms in total. The molecule has 0 aliphatic rings. The van der Waals surface area contributed by atoms with Crippen molar-refractivity contribution in [3.63, 3.8) is 0 Å². The number of likely N-dealkylation sites (N-methyl/N-ethyl adjacent to an activating group) is 1. The van der Waals surface area contributed by atoms with Gasteiger partial charge in [0.05, 0.1) is 4.90 Å². The molecular formula is C38H32FNO5S. The van der Waals surface area contributed by atoms with Crippen molar-refractivity contribution in [3.8, 4) is 22.3 Å². The number of halogens is 1. The highest BCUT2D eigenvalue weighted by molar-refractivity contribution is 7.89. The van der Waals surface area contributed by atoms with E-state index in [1.807, 2.05) is 60.7 Å². The second-order valence-corrected chi connectivity index (χ2v) is 12.9. The van der Waals surface area contributed by atoms with E-state index in [1.54, 1.807) is 25.1 Å². The molecule has 0 saturated carbocycles. The number of nitrogens with zero attached hydrogens (tertiary/aromatic N) is 1. The number of fused-ring (bicyclic) bond motifs is 1. The van der Waals surface area contributed by atoms with Crippen molar-refractivity contribution in [3.05, 3.63) is 150 Å². The molecule has 6 rings (SSSR count). The molecule has 1 atom stereocenters. The van der Waals surface area contributed by atoms with E-state index in [0.717, 1.165) is 48.9 Å². The van der Waals surface area contributed by atoms with Crippen molar-refractivity contribution in [2.75, 3.05) is 6.54 Å². The lowest BCUT2D eigenvalue weighted by molar-refractivity contribution is -0.141. The molecule has 1 N–H and O–H groups in total. The summed E-state index contributed by atoms with van der Waals surface area (Å²) in [6.07, 6.45) is 0.492. The number of carbonyl (C=O) groups is 1. The maximum Gasteiger partial charge on any atom is 0.322 e. The molecule has 0 radical (unpaired) electrons. The van der Waals surface area contributed by atoms with Gasteiger partial charge in [0.1, 0.15) is 23.2 Å². The SMILES string of the molecule is CCN(C(Cc1cccc(F)c1)C(=O)O)S(=O)(=O)c1ccc(-c2ccc(-c3c(Cc4ccccc4)oc4ccccc34)cc2)cc1. The van der Waals surface area contributed by atoms with Gasteiger partial charge in [-0.3, -0.25) is 4.79 Å². The Morgan fingerprint density at radius 3 is 2.04 bits per heavy atom. The van der Waals surface area contributed by atoms with Gasteiger partial charge < -0.3 is 9.52 Å². The normalized spacial score (nSPS) is 12.4. The summed E-state index contributed by atoms with van der Waals surface area (Å²) in [4.78, 5) is 12.2. The average molecular weight is 634 g/mol. The second-order valence-electron chi connectivity index (χ2n) is 11.1. The lowest BCUT2D eigenvalue weighted by Crippen LogP contribution is -2.46. The van der Waals surface area contributed by atoms with Crippen LogP contribution in [0.25, 0.3) is 33.2 Å². The summed E-state index contributed by atoms with van der Waals surface area (Å²) in [5.74, 6) is -0.933. The summed E-state index contributed by atoms with van der Waals surface area (Å²) in [5, 5.41) is 11.0. The molecular weight excluding hydrogens is 601 g/mol. The van der Waals surface area contributed by atoms with Crippen LogP contribution in [-0.4, -0.2) is 36.4 Å². The Morgan fingerprint density at radius 1 is 0.783 bits per heavy atom. The summed E-state index contributed by atoms with van der Waals surface area (Å²) in [5.41, 5.74) is 6.13. The number of hydrogen-bond acceptors (Lipinski definition) is 4. The zero-order chi connectivity index (χ0) is 32.3. The molecule has 0 bridgehead atoms. The van der Waals surface area contributed by atoms with Crippen LogP contribution in [0.2, 0.25) is 0 Å². The summed E-state index contributed by atoms with van der Waals surface area (Å²) >= 11 is 0.